The van der Waals surface area contributed by atoms with E-state index in [-0.39, 0.29) is 5.97 Å². The number of hydrogen-bond acceptors (Lipinski definition) is 5. The smallest absolute Gasteiger partial charge is 0.339 e. The van der Waals surface area contributed by atoms with Crippen molar-refractivity contribution in [3.05, 3.63) is 23.4 Å². The zero-order valence-electron chi connectivity index (χ0n) is 12.6. The highest BCUT2D eigenvalue weighted by Crippen LogP contribution is 2.11. The van der Waals surface area contributed by atoms with Crippen LogP contribution in [0.4, 0.5) is 5.82 Å². The van der Waals surface area contributed by atoms with Crippen LogP contribution in [0.15, 0.2) is 12.1 Å². The third-order valence-electron chi connectivity index (χ3n) is 2.90. The second kappa shape index (κ2) is 9.31. The van der Waals surface area contributed by atoms with E-state index in [2.05, 4.69) is 22.0 Å². The van der Waals surface area contributed by atoms with Crippen LogP contribution >= 0.6 is 0 Å². The number of esters is 1. The standard InChI is InChI=1S/C15H24N2O3/c1-4-5-10-20-11-6-9-16-14-8-7-13(12(2)17-14)15(18)19-3/h7-8H,4-6,9-11H2,1-3H3,(H,16,17). The Morgan fingerprint density at radius 3 is 2.70 bits per heavy atom. The van der Waals surface area contributed by atoms with Crippen LogP contribution < -0.4 is 5.32 Å². The van der Waals surface area contributed by atoms with E-state index in [1.165, 1.54) is 7.11 Å². The number of aromatic nitrogens is 1. The number of aryl methyl sites for hydroxylation is 1. The highest BCUT2D eigenvalue weighted by molar-refractivity contribution is 5.90. The van der Waals surface area contributed by atoms with E-state index in [4.69, 9.17) is 4.74 Å². The Kier molecular flexibility index (Phi) is 7.65. The van der Waals surface area contributed by atoms with E-state index < -0.39 is 0 Å². The molecule has 5 nitrogen and oxygen atoms in total. The first kappa shape index (κ1) is 16.4. The van der Waals surface area contributed by atoms with Crippen LogP contribution in [0.1, 0.15) is 42.2 Å². The number of ether oxygens (including phenoxy) is 2. The molecule has 0 aliphatic heterocycles. The molecule has 0 aliphatic carbocycles. The lowest BCUT2D eigenvalue weighted by Crippen LogP contribution is -2.10. The minimum atomic E-state index is -0.356. The second-order valence-electron chi connectivity index (χ2n) is 4.57. The van der Waals surface area contributed by atoms with Crippen LogP contribution in [0.3, 0.4) is 0 Å². The molecule has 1 aromatic rings. The molecule has 1 aromatic heterocycles. The van der Waals surface area contributed by atoms with Gasteiger partial charge in [0.1, 0.15) is 5.82 Å². The molecule has 1 heterocycles. The summed E-state index contributed by atoms with van der Waals surface area (Å²) >= 11 is 0. The average molecular weight is 280 g/mol. The number of nitrogens with one attached hydrogen (secondary N) is 1. The maximum atomic E-state index is 11.4. The van der Waals surface area contributed by atoms with Gasteiger partial charge in [0.25, 0.3) is 0 Å². The van der Waals surface area contributed by atoms with Gasteiger partial charge < -0.3 is 14.8 Å². The fourth-order valence-corrected chi connectivity index (χ4v) is 1.72. The van der Waals surface area contributed by atoms with Crippen LogP contribution in [-0.4, -0.2) is 37.8 Å². The van der Waals surface area contributed by atoms with Gasteiger partial charge in [-0.1, -0.05) is 13.3 Å². The molecule has 0 unspecified atom stereocenters. The summed E-state index contributed by atoms with van der Waals surface area (Å²) in [6, 6.07) is 3.52. The molecule has 0 radical (unpaired) electrons. The van der Waals surface area contributed by atoms with Gasteiger partial charge >= 0.3 is 5.97 Å². The summed E-state index contributed by atoms with van der Waals surface area (Å²) in [7, 11) is 1.37. The van der Waals surface area contributed by atoms with Crippen molar-refractivity contribution in [2.45, 2.75) is 33.1 Å². The molecule has 0 amide bonds. The van der Waals surface area contributed by atoms with Crippen LogP contribution in [0.25, 0.3) is 0 Å². The molecule has 1 rings (SSSR count). The van der Waals surface area contributed by atoms with Crippen molar-refractivity contribution < 1.29 is 14.3 Å². The molecule has 0 spiro atoms. The molecule has 112 valence electrons. The van der Waals surface area contributed by atoms with Crippen molar-refractivity contribution >= 4 is 11.8 Å². The third-order valence-corrected chi connectivity index (χ3v) is 2.90. The van der Waals surface area contributed by atoms with Crippen molar-refractivity contribution in [3.63, 3.8) is 0 Å². The number of hydrogen-bond donors (Lipinski definition) is 1. The van der Waals surface area contributed by atoms with Gasteiger partial charge in [-0.15, -0.1) is 0 Å². The molecular weight excluding hydrogens is 256 g/mol. The summed E-state index contributed by atoms with van der Waals surface area (Å²) in [5, 5.41) is 3.22. The van der Waals surface area contributed by atoms with Crippen molar-refractivity contribution in [2.75, 3.05) is 32.2 Å². The molecule has 0 saturated heterocycles. The summed E-state index contributed by atoms with van der Waals surface area (Å²) in [5.41, 5.74) is 1.17. The molecule has 0 bridgehead atoms. The summed E-state index contributed by atoms with van der Waals surface area (Å²) in [5.74, 6) is 0.412. The van der Waals surface area contributed by atoms with E-state index >= 15 is 0 Å². The highest BCUT2D eigenvalue weighted by atomic mass is 16.5. The SMILES string of the molecule is CCCCOCCCNc1ccc(C(=O)OC)c(C)n1. The Balaban J connectivity index is 2.31. The normalized spacial score (nSPS) is 10.3. The van der Waals surface area contributed by atoms with Gasteiger partial charge in [-0.05, 0) is 31.9 Å². The maximum absolute atomic E-state index is 11.4. The molecule has 0 aromatic carbocycles. The number of nitrogens with zero attached hydrogens (tertiary/aromatic N) is 1. The highest BCUT2D eigenvalue weighted by Gasteiger charge is 2.10. The molecule has 0 fully saturated rings. The van der Waals surface area contributed by atoms with Gasteiger partial charge in [0.15, 0.2) is 0 Å². The molecule has 5 heteroatoms. The Morgan fingerprint density at radius 1 is 1.30 bits per heavy atom. The van der Waals surface area contributed by atoms with E-state index in [9.17, 15) is 4.79 Å². The number of anilines is 1. The van der Waals surface area contributed by atoms with Gasteiger partial charge in [-0.3, -0.25) is 0 Å². The lowest BCUT2D eigenvalue weighted by atomic mass is 10.2. The summed E-state index contributed by atoms with van der Waals surface area (Å²) in [4.78, 5) is 15.8. The molecule has 0 saturated carbocycles. The Hall–Kier alpha value is -1.62. The Morgan fingerprint density at radius 2 is 2.05 bits per heavy atom. The summed E-state index contributed by atoms with van der Waals surface area (Å²) in [6.45, 7) is 6.34. The lowest BCUT2D eigenvalue weighted by molar-refractivity contribution is 0.0599. The predicted molar refractivity (Wildman–Crippen MR) is 79.1 cm³/mol. The number of rotatable bonds is 9. The van der Waals surface area contributed by atoms with E-state index in [0.717, 1.165) is 44.8 Å². The maximum Gasteiger partial charge on any atom is 0.339 e. The fraction of sp³-hybridized carbons (Fsp3) is 0.600. The quantitative estimate of drug-likeness (QED) is 0.557. The van der Waals surface area contributed by atoms with E-state index in [1.54, 1.807) is 19.1 Å². The third kappa shape index (κ3) is 5.57. The first-order chi connectivity index (χ1) is 9.69. The zero-order chi connectivity index (χ0) is 14.8. The number of carbonyl (C=O) groups excluding carboxylic acids is 1. The number of unbranched alkanes of at least 4 members (excludes halogenated alkanes) is 1. The van der Waals surface area contributed by atoms with E-state index in [0.29, 0.717) is 11.3 Å². The first-order valence-electron chi connectivity index (χ1n) is 7.06. The van der Waals surface area contributed by atoms with Crippen molar-refractivity contribution in [3.8, 4) is 0 Å². The van der Waals surface area contributed by atoms with E-state index in [1.807, 2.05) is 0 Å². The minimum absolute atomic E-state index is 0.356. The predicted octanol–water partition coefficient (Wildman–Crippen LogP) is 2.80. The summed E-state index contributed by atoms with van der Waals surface area (Å²) in [6.07, 6.45) is 3.21. The Bertz CT molecular complexity index is 422. The monoisotopic (exact) mass is 280 g/mol. The van der Waals surface area contributed by atoms with Gasteiger partial charge in [0, 0.05) is 19.8 Å². The largest absolute Gasteiger partial charge is 0.465 e. The van der Waals surface area contributed by atoms with Crippen LogP contribution in [0, 0.1) is 6.92 Å². The van der Waals surface area contributed by atoms with Gasteiger partial charge in [-0.2, -0.15) is 0 Å². The molecule has 0 aliphatic rings. The molecular formula is C15H24N2O3. The van der Waals surface area contributed by atoms with Gasteiger partial charge in [0.2, 0.25) is 0 Å². The van der Waals surface area contributed by atoms with Crippen molar-refractivity contribution in [1.82, 2.24) is 4.98 Å². The van der Waals surface area contributed by atoms with Crippen LogP contribution in [0.5, 0.6) is 0 Å². The number of methoxy groups -OCH3 is 1. The lowest BCUT2D eigenvalue weighted by Gasteiger charge is -2.09. The van der Waals surface area contributed by atoms with Gasteiger partial charge in [0.05, 0.1) is 18.4 Å². The van der Waals surface area contributed by atoms with Crippen LogP contribution in [-0.2, 0) is 9.47 Å². The molecule has 20 heavy (non-hydrogen) atoms. The molecule has 1 N–H and O–H groups in total. The minimum Gasteiger partial charge on any atom is -0.465 e. The average Bonchev–Trinajstić information content (AvgIpc) is 2.45. The second-order valence-corrected chi connectivity index (χ2v) is 4.57. The first-order valence-corrected chi connectivity index (χ1v) is 7.06. The van der Waals surface area contributed by atoms with Crippen molar-refractivity contribution in [1.29, 1.82) is 0 Å². The summed E-state index contributed by atoms with van der Waals surface area (Å²) < 4.78 is 10.2. The Labute approximate surface area is 120 Å². The van der Waals surface area contributed by atoms with Crippen molar-refractivity contribution in [2.24, 2.45) is 0 Å². The topological polar surface area (TPSA) is 60.5 Å². The number of carbonyl (C=O) groups is 1. The fourth-order valence-electron chi connectivity index (χ4n) is 1.72. The molecule has 0 atom stereocenters. The van der Waals surface area contributed by atoms with Crippen LogP contribution in [0.2, 0.25) is 0 Å². The zero-order valence-corrected chi connectivity index (χ0v) is 12.6. The number of pyridine rings is 1. The van der Waals surface area contributed by atoms with Gasteiger partial charge in [-0.25, -0.2) is 9.78 Å².